The van der Waals surface area contributed by atoms with E-state index in [-0.39, 0.29) is 6.04 Å². The van der Waals surface area contributed by atoms with Gasteiger partial charge in [0, 0.05) is 9.13 Å². The van der Waals surface area contributed by atoms with Crippen LogP contribution in [0, 0.1) is 3.57 Å². The Morgan fingerprint density at radius 3 is 2.71 bits per heavy atom. The van der Waals surface area contributed by atoms with E-state index in [4.69, 9.17) is 10.2 Å². The van der Waals surface area contributed by atoms with E-state index in [9.17, 15) is 0 Å². The maximum Gasteiger partial charge on any atom is 0.0953 e. The number of hydrogen-bond donors (Lipinski definition) is 1. The van der Waals surface area contributed by atoms with Crippen molar-refractivity contribution in [1.82, 2.24) is 0 Å². The van der Waals surface area contributed by atoms with Crippen LogP contribution in [0.3, 0.4) is 0 Å². The van der Waals surface area contributed by atoms with Gasteiger partial charge in [-0.3, -0.25) is 0 Å². The van der Waals surface area contributed by atoms with Crippen LogP contribution in [-0.2, 0) is 0 Å². The van der Waals surface area contributed by atoms with Crippen LogP contribution in [0.1, 0.15) is 17.2 Å². The molecule has 0 aliphatic heterocycles. The fourth-order valence-corrected chi connectivity index (χ4v) is 1.91. The smallest absolute Gasteiger partial charge is 0.0953 e. The van der Waals surface area contributed by atoms with Crippen LogP contribution in [0.25, 0.3) is 0 Å². The summed E-state index contributed by atoms with van der Waals surface area (Å²) in [4.78, 5) is 0. The minimum atomic E-state index is -0.0940. The molecule has 1 atom stereocenters. The minimum absolute atomic E-state index is 0.0940. The second-order valence-electron chi connectivity index (χ2n) is 3.09. The monoisotopic (exact) mass is 299 g/mol. The van der Waals surface area contributed by atoms with E-state index < -0.39 is 0 Å². The average molecular weight is 299 g/mol. The van der Waals surface area contributed by atoms with Crippen LogP contribution >= 0.6 is 22.6 Å². The normalized spacial score (nSPS) is 12.7. The zero-order chi connectivity index (χ0) is 9.97. The van der Waals surface area contributed by atoms with E-state index in [1.807, 2.05) is 24.3 Å². The third kappa shape index (κ3) is 1.99. The lowest BCUT2D eigenvalue weighted by molar-refractivity contribution is 0.562. The SMILES string of the molecule is NC(c1ccoc1)c1cccc(I)c1. The van der Waals surface area contributed by atoms with E-state index >= 15 is 0 Å². The van der Waals surface area contributed by atoms with Crippen molar-refractivity contribution < 1.29 is 4.42 Å². The molecule has 2 aromatic rings. The quantitative estimate of drug-likeness (QED) is 0.866. The van der Waals surface area contributed by atoms with Gasteiger partial charge in [0.25, 0.3) is 0 Å². The molecule has 0 saturated carbocycles. The predicted octanol–water partition coefficient (Wildman–Crippen LogP) is 2.93. The molecule has 0 aliphatic rings. The lowest BCUT2D eigenvalue weighted by Crippen LogP contribution is -2.10. The molecule has 2 N–H and O–H groups in total. The Balaban J connectivity index is 2.32. The van der Waals surface area contributed by atoms with Gasteiger partial charge >= 0.3 is 0 Å². The van der Waals surface area contributed by atoms with E-state index in [0.29, 0.717) is 0 Å². The van der Waals surface area contributed by atoms with E-state index in [0.717, 1.165) is 11.1 Å². The highest BCUT2D eigenvalue weighted by molar-refractivity contribution is 14.1. The van der Waals surface area contributed by atoms with Gasteiger partial charge in [-0.25, -0.2) is 0 Å². The first-order chi connectivity index (χ1) is 6.77. The number of hydrogen-bond acceptors (Lipinski definition) is 2. The third-order valence-electron chi connectivity index (χ3n) is 2.11. The zero-order valence-electron chi connectivity index (χ0n) is 7.48. The summed E-state index contributed by atoms with van der Waals surface area (Å²) in [5, 5.41) is 0. The number of furan rings is 1. The van der Waals surface area contributed by atoms with Crippen LogP contribution in [0.5, 0.6) is 0 Å². The van der Waals surface area contributed by atoms with Crippen molar-refractivity contribution in [3.05, 3.63) is 57.6 Å². The molecule has 2 nitrogen and oxygen atoms in total. The topological polar surface area (TPSA) is 39.2 Å². The third-order valence-corrected chi connectivity index (χ3v) is 2.78. The van der Waals surface area contributed by atoms with Crippen LogP contribution in [0.4, 0.5) is 0 Å². The molecule has 0 bridgehead atoms. The molecule has 0 aliphatic carbocycles. The van der Waals surface area contributed by atoms with E-state index in [1.54, 1.807) is 12.5 Å². The number of nitrogens with two attached hydrogens (primary N) is 1. The fourth-order valence-electron chi connectivity index (χ4n) is 1.34. The van der Waals surface area contributed by atoms with E-state index in [1.165, 1.54) is 3.57 Å². The highest BCUT2D eigenvalue weighted by Gasteiger charge is 2.09. The highest BCUT2D eigenvalue weighted by atomic mass is 127. The maximum absolute atomic E-state index is 6.07. The zero-order valence-corrected chi connectivity index (χ0v) is 9.64. The molecule has 1 aromatic carbocycles. The molecule has 1 aromatic heterocycles. The minimum Gasteiger partial charge on any atom is -0.472 e. The van der Waals surface area contributed by atoms with Crippen molar-refractivity contribution in [2.75, 3.05) is 0 Å². The van der Waals surface area contributed by atoms with Crippen LogP contribution < -0.4 is 5.73 Å². The molecule has 0 saturated heterocycles. The van der Waals surface area contributed by atoms with Gasteiger partial charge in [-0.05, 0) is 46.4 Å². The van der Waals surface area contributed by atoms with Crippen molar-refractivity contribution >= 4 is 22.6 Å². The lowest BCUT2D eigenvalue weighted by Gasteiger charge is -2.09. The number of halogens is 1. The maximum atomic E-state index is 6.07. The van der Waals surface area contributed by atoms with Gasteiger partial charge in [-0.2, -0.15) is 0 Å². The first kappa shape index (κ1) is 9.73. The molecule has 14 heavy (non-hydrogen) atoms. The Morgan fingerprint density at radius 2 is 2.07 bits per heavy atom. The second-order valence-corrected chi connectivity index (χ2v) is 4.33. The second kappa shape index (κ2) is 4.14. The Kier molecular flexibility index (Phi) is 2.88. The first-order valence-corrected chi connectivity index (χ1v) is 5.38. The van der Waals surface area contributed by atoms with Gasteiger partial charge < -0.3 is 10.2 Å². The van der Waals surface area contributed by atoms with Gasteiger partial charge in [-0.1, -0.05) is 12.1 Å². The molecule has 0 spiro atoms. The summed E-state index contributed by atoms with van der Waals surface area (Å²) in [5.41, 5.74) is 8.18. The summed E-state index contributed by atoms with van der Waals surface area (Å²) < 4.78 is 6.20. The summed E-state index contributed by atoms with van der Waals surface area (Å²) in [6.45, 7) is 0. The number of rotatable bonds is 2. The Morgan fingerprint density at radius 1 is 1.21 bits per heavy atom. The molecule has 2 rings (SSSR count). The van der Waals surface area contributed by atoms with Gasteiger partial charge in [0.2, 0.25) is 0 Å². The molecular formula is C11H10INO. The Labute approximate surface area is 96.2 Å². The van der Waals surface area contributed by atoms with Crippen molar-refractivity contribution in [3.8, 4) is 0 Å². The Hall–Kier alpha value is -0.810. The summed E-state index contributed by atoms with van der Waals surface area (Å²) >= 11 is 2.28. The summed E-state index contributed by atoms with van der Waals surface area (Å²) in [6, 6.07) is 9.97. The molecule has 72 valence electrons. The van der Waals surface area contributed by atoms with Crippen molar-refractivity contribution in [1.29, 1.82) is 0 Å². The predicted molar refractivity (Wildman–Crippen MR) is 63.9 cm³/mol. The summed E-state index contributed by atoms with van der Waals surface area (Å²) in [7, 11) is 0. The largest absolute Gasteiger partial charge is 0.472 e. The molecule has 1 unspecified atom stereocenters. The molecule has 0 fully saturated rings. The van der Waals surface area contributed by atoms with E-state index in [2.05, 4.69) is 28.7 Å². The first-order valence-electron chi connectivity index (χ1n) is 4.30. The Bertz CT molecular complexity index is 411. The van der Waals surface area contributed by atoms with Crippen molar-refractivity contribution in [2.45, 2.75) is 6.04 Å². The van der Waals surface area contributed by atoms with Gasteiger partial charge in [0.05, 0.1) is 18.6 Å². The van der Waals surface area contributed by atoms with Crippen LogP contribution in [0.2, 0.25) is 0 Å². The molecule has 3 heteroatoms. The van der Waals surface area contributed by atoms with Gasteiger partial charge in [0.15, 0.2) is 0 Å². The van der Waals surface area contributed by atoms with Crippen molar-refractivity contribution in [3.63, 3.8) is 0 Å². The average Bonchev–Trinajstić information content (AvgIpc) is 2.69. The molecule has 1 heterocycles. The standard InChI is InChI=1S/C11H10INO/c12-10-3-1-2-8(6-10)11(13)9-4-5-14-7-9/h1-7,11H,13H2. The summed E-state index contributed by atoms with van der Waals surface area (Å²) in [5.74, 6) is 0. The lowest BCUT2D eigenvalue weighted by atomic mass is 10.0. The molecule has 0 radical (unpaired) electrons. The van der Waals surface area contributed by atoms with Crippen molar-refractivity contribution in [2.24, 2.45) is 5.73 Å². The molecular weight excluding hydrogens is 289 g/mol. The van der Waals surface area contributed by atoms with Gasteiger partial charge in [0.1, 0.15) is 0 Å². The molecule has 0 amide bonds. The van der Waals surface area contributed by atoms with Crippen LogP contribution in [-0.4, -0.2) is 0 Å². The number of benzene rings is 1. The summed E-state index contributed by atoms with van der Waals surface area (Å²) in [6.07, 6.45) is 3.33. The highest BCUT2D eigenvalue weighted by Crippen LogP contribution is 2.21. The fraction of sp³-hybridized carbons (Fsp3) is 0.0909. The van der Waals surface area contributed by atoms with Crippen LogP contribution in [0.15, 0.2) is 47.3 Å². The van der Waals surface area contributed by atoms with Gasteiger partial charge in [-0.15, -0.1) is 0 Å².